The number of carbonyl (C=O) groups excluding carboxylic acids is 2. The zero-order valence-electron chi connectivity index (χ0n) is 18.5. The van der Waals surface area contributed by atoms with Gasteiger partial charge in [-0.3, -0.25) is 5.32 Å². The predicted molar refractivity (Wildman–Crippen MR) is 129 cm³/mol. The van der Waals surface area contributed by atoms with Crippen molar-refractivity contribution in [3.63, 3.8) is 0 Å². The minimum Gasteiger partial charge on any atom is -0.307 e. The Morgan fingerprint density at radius 3 is 2.27 bits per heavy atom. The van der Waals surface area contributed by atoms with Gasteiger partial charge in [-0.25, -0.2) is 22.3 Å². The summed E-state index contributed by atoms with van der Waals surface area (Å²) in [5.41, 5.74) is 1.45. The summed E-state index contributed by atoms with van der Waals surface area (Å²) in [5, 5.41) is 6.67. The number of nitrogens with one attached hydrogen (secondary N) is 2. The van der Waals surface area contributed by atoms with Crippen LogP contribution in [0.25, 0.3) is 10.8 Å². The summed E-state index contributed by atoms with van der Waals surface area (Å²) in [7, 11) is -4.13. The lowest BCUT2D eigenvalue weighted by atomic mass is 9.96. The second kappa shape index (κ2) is 9.62. The molecule has 0 radical (unpaired) electrons. The van der Waals surface area contributed by atoms with E-state index in [1.165, 1.54) is 12.1 Å². The lowest BCUT2D eigenvalue weighted by molar-refractivity contribution is 0.199. The number of carbonyl (C=O) groups is 2. The van der Waals surface area contributed by atoms with Crippen LogP contribution in [0.4, 0.5) is 15.3 Å². The van der Waals surface area contributed by atoms with Gasteiger partial charge in [0.15, 0.2) is 0 Å². The first-order valence-electron chi connectivity index (χ1n) is 11.1. The number of anilines is 1. The first kappa shape index (κ1) is 22.8. The van der Waals surface area contributed by atoms with Gasteiger partial charge >= 0.3 is 12.1 Å². The molecule has 33 heavy (non-hydrogen) atoms. The second-order valence-electron chi connectivity index (χ2n) is 8.32. The number of aryl methyl sites for hydroxylation is 1. The third-order valence-corrected chi connectivity index (χ3v) is 7.79. The van der Waals surface area contributed by atoms with Gasteiger partial charge in [-0.05, 0) is 43.4 Å². The van der Waals surface area contributed by atoms with E-state index in [4.69, 9.17) is 0 Å². The topological polar surface area (TPSA) is 95.6 Å². The molecule has 3 aromatic carbocycles. The molecule has 172 valence electrons. The molecule has 1 fully saturated rings. The third kappa shape index (κ3) is 5.01. The van der Waals surface area contributed by atoms with Crippen LogP contribution in [0.5, 0.6) is 0 Å². The first-order valence-corrected chi connectivity index (χ1v) is 12.5. The highest BCUT2D eigenvalue weighted by atomic mass is 32.2. The number of urea groups is 2. The average Bonchev–Trinajstić information content (AvgIpc) is 2.80. The van der Waals surface area contributed by atoms with Gasteiger partial charge in [0.2, 0.25) is 0 Å². The zero-order valence-corrected chi connectivity index (χ0v) is 19.3. The van der Waals surface area contributed by atoms with Crippen LogP contribution in [0.3, 0.4) is 0 Å². The normalized spacial score (nSPS) is 14.6. The van der Waals surface area contributed by atoms with Crippen LogP contribution in [-0.2, 0) is 10.0 Å². The molecule has 0 heterocycles. The quantitative estimate of drug-likeness (QED) is 0.538. The molecule has 8 heteroatoms. The minimum absolute atomic E-state index is 0.0308. The fourth-order valence-electron chi connectivity index (χ4n) is 4.25. The van der Waals surface area contributed by atoms with Gasteiger partial charge in [0.25, 0.3) is 10.0 Å². The van der Waals surface area contributed by atoms with Crippen LogP contribution in [0, 0.1) is 6.92 Å². The summed E-state index contributed by atoms with van der Waals surface area (Å²) >= 11 is 0. The summed E-state index contributed by atoms with van der Waals surface area (Å²) in [5.74, 6) is 0. The molecule has 0 bridgehead atoms. The molecule has 4 rings (SSSR count). The Labute approximate surface area is 193 Å². The molecule has 7 nitrogen and oxygen atoms in total. The maximum absolute atomic E-state index is 13.4. The van der Waals surface area contributed by atoms with E-state index < -0.39 is 28.1 Å². The predicted octanol–water partition coefficient (Wildman–Crippen LogP) is 5.41. The average molecular weight is 466 g/mol. The standard InChI is InChI=1S/C25H27N3O4S/c1-18-14-16-21(17-15-18)33(31,32)28(20-10-3-2-4-11-20)25(30)27-24(29)26-23-13-7-9-19-8-5-6-12-22(19)23/h5-9,12-17,20H,2-4,10-11H2,1H3,(H2,26,27,29,30). The largest absolute Gasteiger partial charge is 0.339 e. The van der Waals surface area contributed by atoms with Crippen molar-refractivity contribution in [2.75, 3.05) is 5.32 Å². The van der Waals surface area contributed by atoms with Crippen molar-refractivity contribution in [2.24, 2.45) is 0 Å². The molecule has 0 atom stereocenters. The molecule has 1 saturated carbocycles. The molecule has 3 aromatic rings. The molecule has 4 amide bonds. The van der Waals surface area contributed by atoms with E-state index in [2.05, 4.69) is 10.6 Å². The number of amides is 4. The van der Waals surface area contributed by atoms with E-state index in [1.54, 1.807) is 24.3 Å². The van der Waals surface area contributed by atoms with E-state index in [0.29, 0.717) is 18.5 Å². The molecular weight excluding hydrogens is 438 g/mol. The van der Waals surface area contributed by atoms with Crippen molar-refractivity contribution in [1.82, 2.24) is 9.62 Å². The van der Waals surface area contributed by atoms with Crippen LogP contribution >= 0.6 is 0 Å². The number of benzene rings is 3. The Morgan fingerprint density at radius 2 is 1.55 bits per heavy atom. The van der Waals surface area contributed by atoms with Gasteiger partial charge in [-0.1, -0.05) is 73.4 Å². The molecule has 1 aliphatic carbocycles. The molecule has 0 aliphatic heterocycles. The van der Waals surface area contributed by atoms with Crippen LogP contribution < -0.4 is 10.6 Å². The van der Waals surface area contributed by atoms with Gasteiger partial charge in [-0.2, -0.15) is 0 Å². The highest BCUT2D eigenvalue weighted by molar-refractivity contribution is 7.89. The number of hydrogen-bond acceptors (Lipinski definition) is 4. The highest BCUT2D eigenvalue weighted by Crippen LogP contribution is 2.28. The van der Waals surface area contributed by atoms with Gasteiger partial charge in [-0.15, -0.1) is 0 Å². The second-order valence-corrected chi connectivity index (χ2v) is 10.1. The molecule has 0 unspecified atom stereocenters. The maximum atomic E-state index is 13.4. The number of sulfonamides is 1. The first-order chi connectivity index (χ1) is 15.9. The monoisotopic (exact) mass is 465 g/mol. The van der Waals surface area contributed by atoms with E-state index in [-0.39, 0.29) is 4.90 Å². The van der Waals surface area contributed by atoms with E-state index >= 15 is 0 Å². The zero-order chi connectivity index (χ0) is 23.4. The summed E-state index contributed by atoms with van der Waals surface area (Å²) in [6.45, 7) is 1.86. The Kier molecular flexibility index (Phi) is 6.65. The summed E-state index contributed by atoms with van der Waals surface area (Å²) < 4.78 is 27.7. The number of hydrogen-bond donors (Lipinski definition) is 2. The van der Waals surface area contributed by atoms with Crippen LogP contribution in [0.15, 0.2) is 71.6 Å². The number of rotatable bonds is 4. The number of fused-ring (bicyclic) bond motifs is 1. The SMILES string of the molecule is Cc1ccc(S(=O)(=O)N(C(=O)NC(=O)Nc2cccc3ccccc23)C2CCCCC2)cc1. The summed E-state index contributed by atoms with van der Waals surface area (Å²) in [6.07, 6.45) is 3.81. The van der Waals surface area contributed by atoms with Crippen molar-refractivity contribution in [3.8, 4) is 0 Å². The van der Waals surface area contributed by atoms with Crippen LogP contribution in [0.1, 0.15) is 37.7 Å². The van der Waals surface area contributed by atoms with E-state index in [9.17, 15) is 18.0 Å². The molecule has 0 saturated heterocycles. The lowest BCUT2D eigenvalue weighted by Crippen LogP contribution is -2.52. The van der Waals surface area contributed by atoms with Gasteiger partial charge in [0.1, 0.15) is 0 Å². The van der Waals surface area contributed by atoms with Crippen molar-refractivity contribution >= 4 is 38.5 Å². The van der Waals surface area contributed by atoms with E-state index in [0.717, 1.165) is 39.9 Å². The Bertz CT molecular complexity index is 1260. The third-order valence-electron chi connectivity index (χ3n) is 5.94. The Morgan fingerprint density at radius 1 is 0.879 bits per heavy atom. The van der Waals surface area contributed by atoms with E-state index in [1.807, 2.05) is 37.3 Å². The van der Waals surface area contributed by atoms with Crippen molar-refractivity contribution in [2.45, 2.75) is 50.0 Å². The van der Waals surface area contributed by atoms with Crippen molar-refractivity contribution in [3.05, 3.63) is 72.3 Å². The molecule has 2 N–H and O–H groups in total. The fourth-order valence-corrected chi connectivity index (χ4v) is 5.83. The Hall–Kier alpha value is -3.39. The summed E-state index contributed by atoms with van der Waals surface area (Å²) in [6, 6.07) is 17.1. The maximum Gasteiger partial charge on any atom is 0.339 e. The molecular formula is C25H27N3O4S. The highest BCUT2D eigenvalue weighted by Gasteiger charge is 2.37. The van der Waals surface area contributed by atoms with Crippen molar-refractivity contribution < 1.29 is 18.0 Å². The van der Waals surface area contributed by atoms with Gasteiger partial charge < -0.3 is 5.32 Å². The fraction of sp³-hybridized carbons (Fsp3) is 0.280. The summed E-state index contributed by atoms with van der Waals surface area (Å²) in [4.78, 5) is 25.9. The number of imide groups is 1. The van der Waals surface area contributed by atoms with Crippen molar-refractivity contribution in [1.29, 1.82) is 0 Å². The molecule has 0 aromatic heterocycles. The Balaban J connectivity index is 1.58. The van der Waals surface area contributed by atoms with Crippen LogP contribution in [0.2, 0.25) is 0 Å². The van der Waals surface area contributed by atoms with Crippen LogP contribution in [-0.4, -0.2) is 30.8 Å². The minimum atomic E-state index is -4.13. The van der Waals surface area contributed by atoms with Gasteiger partial charge in [0.05, 0.1) is 16.6 Å². The number of nitrogens with zero attached hydrogens (tertiary/aromatic N) is 1. The molecule has 1 aliphatic rings. The lowest BCUT2D eigenvalue weighted by Gasteiger charge is -2.33. The smallest absolute Gasteiger partial charge is 0.307 e. The molecule has 0 spiro atoms. The van der Waals surface area contributed by atoms with Gasteiger partial charge in [0, 0.05) is 5.39 Å².